The van der Waals surface area contributed by atoms with Crippen molar-refractivity contribution in [3.63, 3.8) is 0 Å². The first kappa shape index (κ1) is 45.2. The molecule has 4 atom stereocenters. The molecule has 4 aliphatic carbocycles. The van der Waals surface area contributed by atoms with Gasteiger partial charge in [0, 0.05) is 23.0 Å². The average Bonchev–Trinajstić information content (AvgIpc) is 4.04. The maximum atomic E-state index is 16.2. The van der Waals surface area contributed by atoms with Gasteiger partial charge in [0.05, 0.1) is 22.0 Å². The van der Waals surface area contributed by atoms with Crippen LogP contribution in [0, 0.1) is 19.8 Å². The van der Waals surface area contributed by atoms with Crippen molar-refractivity contribution in [3.05, 3.63) is 234 Å². The van der Waals surface area contributed by atoms with Crippen LogP contribution >= 0.6 is 0 Å². The van der Waals surface area contributed by atoms with Crippen LogP contribution in [0.1, 0.15) is 96.6 Å². The molecule has 0 radical (unpaired) electrons. The summed E-state index contributed by atoms with van der Waals surface area (Å²) in [6.07, 6.45) is -14.2. The highest BCUT2D eigenvalue weighted by Crippen LogP contribution is 2.69. The molecule has 0 aromatic heterocycles. The second kappa shape index (κ2) is 15.2. The zero-order chi connectivity index (χ0) is 48.5. The molecule has 346 valence electrons. The molecule has 0 N–H and O–H groups in total. The van der Waals surface area contributed by atoms with Gasteiger partial charge in [0.2, 0.25) is 0 Å². The van der Waals surface area contributed by atoms with Crippen LogP contribution < -0.4 is 0 Å². The van der Waals surface area contributed by atoms with E-state index in [1.54, 1.807) is 91.9 Å². The minimum absolute atomic E-state index is 0.0390. The van der Waals surface area contributed by atoms with Crippen molar-refractivity contribution in [3.8, 4) is 0 Å². The standard InChI is InChI=1S/C56H38F12/c1-30-24-37(53(57,58)59)20-22-43(30)51(45-18-10-6-14-35(45)28-47(51)55(63,64)65)49-39-16-8-4-12-33(39)26-41(49)32(3)42-27-34-13-5-9-17-40(34)50(42)52(44-23-21-38(25-31(44)2)54(60,61)62)46-19-11-7-15-36(46)29-48(52)56(66,67)68/h4-29,32,49-50H,1-3H3. The topological polar surface area (TPSA) is 0 Å². The van der Waals surface area contributed by atoms with Gasteiger partial charge < -0.3 is 0 Å². The Hall–Kier alpha value is -6.56. The summed E-state index contributed by atoms with van der Waals surface area (Å²) in [5.74, 6) is -3.61. The Balaban J connectivity index is 1.27. The molecular weight excluding hydrogens is 901 g/mol. The van der Waals surface area contributed by atoms with Gasteiger partial charge in [0.1, 0.15) is 0 Å². The molecule has 0 heterocycles. The van der Waals surface area contributed by atoms with E-state index in [9.17, 15) is 26.3 Å². The summed E-state index contributed by atoms with van der Waals surface area (Å²) < 4.78 is 183. The minimum atomic E-state index is -5.06. The third-order valence-corrected chi connectivity index (χ3v) is 14.6. The summed E-state index contributed by atoms with van der Waals surface area (Å²) in [7, 11) is 0. The lowest BCUT2D eigenvalue weighted by molar-refractivity contribution is -0.138. The molecule has 0 saturated carbocycles. The summed E-state index contributed by atoms with van der Waals surface area (Å²) in [6, 6.07) is 31.3. The van der Waals surface area contributed by atoms with Crippen LogP contribution in [0.2, 0.25) is 0 Å². The smallest absolute Gasteiger partial charge is 0.166 e. The van der Waals surface area contributed by atoms with Gasteiger partial charge in [-0.15, -0.1) is 0 Å². The Kier molecular flexibility index (Phi) is 10.1. The number of halogens is 12. The number of fused-ring (bicyclic) bond motifs is 4. The number of hydrogen-bond donors (Lipinski definition) is 0. The summed E-state index contributed by atoms with van der Waals surface area (Å²) in [4.78, 5) is 0. The number of alkyl halides is 12. The fourth-order valence-corrected chi connectivity index (χ4v) is 12.1. The fourth-order valence-electron chi connectivity index (χ4n) is 12.1. The molecule has 0 amide bonds. The molecule has 12 heteroatoms. The van der Waals surface area contributed by atoms with Crippen LogP contribution in [-0.4, -0.2) is 12.4 Å². The molecule has 68 heavy (non-hydrogen) atoms. The fraction of sp³-hybridized carbons (Fsp3) is 0.214. The summed E-state index contributed by atoms with van der Waals surface area (Å²) >= 11 is 0. The van der Waals surface area contributed by atoms with Crippen molar-refractivity contribution in [1.82, 2.24) is 0 Å². The summed E-state index contributed by atoms with van der Waals surface area (Å²) in [5, 5.41) is 0. The van der Waals surface area contributed by atoms with E-state index in [1.165, 1.54) is 38.1 Å². The number of allylic oxidation sites excluding steroid dienone is 4. The number of aryl methyl sites for hydroxylation is 2. The van der Waals surface area contributed by atoms with Gasteiger partial charge >= 0.3 is 24.7 Å². The molecule has 0 spiro atoms. The van der Waals surface area contributed by atoms with E-state index in [2.05, 4.69) is 0 Å². The van der Waals surface area contributed by atoms with Gasteiger partial charge in [0.15, 0.2) is 0 Å². The van der Waals surface area contributed by atoms with E-state index >= 15 is 26.3 Å². The lowest BCUT2D eigenvalue weighted by Crippen LogP contribution is -2.44. The average molecular weight is 939 g/mol. The van der Waals surface area contributed by atoms with Gasteiger partial charge in [-0.25, -0.2) is 0 Å². The van der Waals surface area contributed by atoms with Crippen molar-refractivity contribution in [2.45, 2.75) is 68.1 Å². The molecule has 0 nitrogen and oxygen atoms in total. The van der Waals surface area contributed by atoms with Crippen LogP contribution in [-0.2, 0) is 23.2 Å². The van der Waals surface area contributed by atoms with Crippen LogP contribution in [0.4, 0.5) is 52.7 Å². The molecular formula is C56H38F12. The van der Waals surface area contributed by atoms with Gasteiger partial charge in [-0.1, -0.05) is 139 Å². The van der Waals surface area contributed by atoms with E-state index in [1.807, 2.05) is 0 Å². The molecule has 0 saturated heterocycles. The van der Waals surface area contributed by atoms with Crippen LogP contribution in [0.25, 0.3) is 24.3 Å². The zero-order valence-electron chi connectivity index (χ0n) is 36.3. The maximum absolute atomic E-state index is 16.2. The molecule has 10 rings (SSSR count). The molecule has 0 aliphatic heterocycles. The van der Waals surface area contributed by atoms with Gasteiger partial charge in [0.25, 0.3) is 0 Å². The highest BCUT2D eigenvalue weighted by molar-refractivity contribution is 5.84. The zero-order valence-corrected chi connectivity index (χ0v) is 36.3. The Morgan fingerprint density at radius 2 is 0.721 bits per heavy atom. The molecule has 0 fully saturated rings. The van der Waals surface area contributed by atoms with E-state index in [-0.39, 0.29) is 44.5 Å². The summed E-state index contributed by atoms with van der Waals surface area (Å²) in [5.41, 5.74) is -5.54. The Bertz CT molecular complexity index is 2980. The molecule has 0 bridgehead atoms. The quantitative estimate of drug-likeness (QED) is 0.146. The molecule has 6 aromatic carbocycles. The van der Waals surface area contributed by atoms with Gasteiger partial charge in [-0.3, -0.25) is 0 Å². The highest BCUT2D eigenvalue weighted by Gasteiger charge is 2.63. The minimum Gasteiger partial charge on any atom is -0.166 e. The van der Waals surface area contributed by atoms with Crippen LogP contribution in [0.3, 0.4) is 0 Å². The van der Waals surface area contributed by atoms with Crippen molar-refractivity contribution in [2.24, 2.45) is 5.92 Å². The second-order valence-electron chi connectivity index (χ2n) is 18.1. The second-order valence-corrected chi connectivity index (χ2v) is 18.1. The van der Waals surface area contributed by atoms with Crippen molar-refractivity contribution < 1.29 is 52.7 Å². The SMILES string of the molecule is Cc1cc(C(F)(F)F)ccc1C1(C2C(C(C)C3=Cc4ccccc4C3C3(c4ccc(C(F)(F)F)cc4C)C(C(F)(F)F)=Cc4ccccc43)=Cc3ccccc32)C(C(F)(F)F)=Cc2ccccc21. The van der Waals surface area contributed by atoms with Crippen molar-refractivity contribution >= 4 is 24.3 Å². The Morgan fingerprint density at radius 1 is 0.382 bits per heavy atom. The van der Waals surface area contributed by atoms with E-state index in [4.69, 9.17) is 0 Å². The number of rotatable bonds is 6. The third kappa shape index (κ3) is 6.60. The lowest BCUT2D eigenvalue weighted by atomic mass is 9.55. The summed E-state index contributed by atoms with van der Waals surface area (Å²) in [6.45, 7) is 4.41. The first-order valence-corrected chi connectivity index (χ1v) is 21.7. The number of hydrogen-bond acceptors (Lipinski definition) is 0. The Morgan fingerprint density at radius 3 is 1.06 bits per heavy atom. The largest absolute Gasteiger partial charge is 0.416 e. The molecule has 6 aromatic rings. The van der Waals surface area contributed by atoms with E-state index in [0.29, 0.717) is 33.4 Å². The van der Waals surface area contributed by atoms with Gasteiger partial charge in [-0.2, -0.15) is 52.7 Å². The predicted octanol–water partition coefficient (Wildman–Crippen LogP) is 16.5. The highest BCUT2D eigenvalue weighted by atomic mass is 19.4. The first-order valence-electron chi connectivity index (χ1n) is 21.7. The Labute approximate surface area is 383 Å². The monoisotopic (exact) mass is 938 g/mol. The maximum Gasteiger partial charge on any atom is 0.416 e. The van der Waals surface area contributed by atoms with Gasteiger partial charge in [-0.05, 0) is 123 Å². The first-order chi connectivity index (χ1) is 32.0. The lowest BCUT2D eigenvalue weighted by Gasteiger charge is -2.47. The molecule has 4 aliphatic rings. The predicted molar refractivity (Wildman–Crippen MR) is 238 cm³/mol. The third-order valence-electron chi connectivity index (χ3n) is 14.6. The van der Waals surface area contributed by atoms with E-state index < -0.39 is 75.6 Å². The van der Waals surface area contributed by atoms with E-state index in [0.717, 1.165) is 48.6 Å². The van der Waals surface area contributed by atoms with Crippen molar-refractivity contribution in [1.29, 1.82) is 0 Å². The van der Waals surface area contributed by atoms with Crippen LogP contribution in [0.15, 0.2) is 156 Å². The van der Waals surface area contributed by atoms with Crippen LogP contribution in [0.5, 0.6) is 0 Å². The normalized spacial score (nSPS) is 22.5. The number of benzene rings is 6. The molecule has 4 unspecified atom stereocenters. The van der Waals surface area contributed by atoms with Crippen molar-refractivity contribution in [2.75, 3.05) is 0 Å².